The maximum absolute atomic E-state index is 12.4. The van der Waals surface area contributed by atoms with Crippen LogP contribution in [0.1, 0.15) is 55.5 Å². The molecule has 3 aromatic rings. The van der Waals surface area contributed by atoms with Crippen LogP contribution < -0.4 is 10.2 Å². The third-order valence-electron chi connectivity index (χ3n) is 5.84. The van der Waals surface area contributed by atoms with Crippen LogP contribution in [0.2, 0.25) is 0 Å². The number of nitrogens with one attached hydrogen (secondary N) is 1. The van der Waals surface area contributed by atoms with Crippen molar-refractivity contribution in [3.63, 3.8) is 0 Å². The number of nitrogens with zero attached hydrogens (tertiary/aromatic N) is 4. The summed E-state index contributed by atoms with van der Waals surface area (Å²) in [6, 6.07) is 9.25. The highest BCUT2D eigenvalue weighted by atomic mass is 32.2. The first-order valence-corrected chi connectivity index (χ1v) is 12.7. The van der Waals surface area contributed by atoms with Crippen LogP contribution in [0.3, 0.4) is 0 Å². The van der Waals surface area contributed by atoms with Gasteiger partial charge < -0.3 is 24.0 Å². The summed E-state index contributed by atoms with van der Waals surface area (Å²) in [4.78, 5) is 26.9. The van der Waals surface area contributed by atoms with E-state index in [2.05, 4.69) is 48.9 Å². The molecule has 0 atom stereocenters. The number of rotatable bonds is 8. The van der Waals surface area contributed by atoms with Gasteiger partial charge in [-0.15, -0.1) is 0 Å². The highest BCUT2D eigenvalue weighted by Crippen LogP contribution is 2.29. The summed E-state index contributed by atoms with van der Waals surface area (Å²) in [6.45, 7) is 14.1. The second kappa shape index (κ2) is 10.7. The van der Waals surface area contributed by atoms with Crippen LogP contribution >= 0.6 is 11.8 Å². The van der Waals surface area contributed by atoms with E-state index in [1.807, 2.05) is 12.1 Å². The third kappa shape index (κ3) is 6.21. The fourth-order valence-corrected chi connectivity index (χ4v) is 4.45. The van der Waals surface area contributed by atoms with E-state index in [0.717, 1.165) is 49.4 Å². The van der Waals surface area contributed by atoms with E-state index in [1.54, 1.807) is 18.4 Å². The Bertz CT molecular complexity index is 1080. The first-order valence-electron chi connectivity index (χ1n) is 11.7. The lowest BCUT2D eigenvalue weighted by atomic mass is 9.92. The van der Waals surface area contributed by atoms with Crippen LogP contribution in [0.5, 0.6) is 0 Å². The van der Waals surface area contributed by atoms with Gasteiger partial charge in [0.05, 0.1) is 24.3 Å². The van der Waals surface area contributed by atoms with Gasteiger partial charge in [-0.1, -0.05) is 39.5 Å². The van der Waals surface area contributed by atoms with Crippen molar-refractivity contribution in [2.45, 2.75) is 50.6 Å². The zero-order chi connectivity index (χ0) is 24.1. The predicted octanol–water partition coefficient (Wildman–Crippen LogP) is 4.32. The lowest BCUT2D eigenvalue weighted by molar-refractivity contribution is 0.0919. The van der Waals surface area contributed by atoms with Crippen molar-refractivity contribution in [2.24, 2.45) is 0 Å². The molecule has 0 aliphatic carbocycles. The molecule has 1 N–H and O–H groups in total. The van der Waals surface area contributed by atoms with Gasteiger partial charge in [0.15, 0.2) is 10.9 Å². The van der Waals surface area contributed by atoms with E-state index < -0.39 is 0 Å². The van der Waals surface area contributed by atoms with Crippen LogP contribution in [-0.4, -0.2) is 53.5 Å². The Balaban J connectivity index is 1.41. The molecule has 4 heterocycles. The van der Waals surface area contributed by atoms with Gasteiger partial charge in [-0.2, -0.15) is 0 Å². The normalized spacial score (nSPS) is 15.0. The van der Waals surface area contributed by atoms with Crippen LogP contribution in [0, 0.1) is 0 Å². The van der Waals surface area contributed by atoms with Crippen molar-refractivity contribution in [3.05, 3.63) is 59.6 Å². The van der Waals surface area contributed by atoms with Crippen LogP contribution in [0.15, 0.2) is 50.6 Å². The van der Waals surface area contributed by atoms with Crippen molar-refractivity contribution < 1.29 is 13.6 Å². The summed E-state index contributed by atoms with van der Waals surface area (Å²) >= 11 is 1.52. The lowest BCUT2D eigenvalue weighted by Crippen LogP contribution is -2.46. The van der Waals surface area contributed by atoms with Gasteiger partial charge in [0.2, 0.25) is 0 Å². The molecule has 1 aliphatic rings. The molecule has 0 aromatic carbocycles. The number of hydrogen-bond acceptors (Lipinski definition) is 8. The number of thioether (sulfide) groups is 1. The van der Waals surface area contributed by atoms with E-state index in [4.69, 9.17) is 18.8 Å². The zero-order valence-corrected chi connectivity index (χ0v) is 21.2. The van der Waals surface area contributed by atoms with E-state index in [0.29, 0.717) is 23.8 Å². The SMILES string of the molecule is CCN1CCN(c2cc(C(C)(C)C)nc(SCc3ccc(C(=O)NCc4ccco4)o3)n2)CC1. The third-order valence-corrected chi connectivity index (χ3v) is 6.71. The van der Waals surface area contributed by atoms with Crippen LogP contribution in [0.4, 0.5) is 5.82 Å². The zero-order valence-electron chi connectivity index (χ0n) is 20.3. The molecule has 1 saturated heterocycles. The molecule has 0 bridgehead atoms. The van der Waals surface area contributed by atoms with Crippen molar-refractivity contribution in [3.8, 4) is 0 Å². The Labute approximate surface area is 205 Å². The Morgan fingerprint density at radius 2 is 1.91 bits per heavy atom. The molecule has 34 heavy (non-hydrogen) atoms. The maximum Gasteiger partial charge on any atom is 0.287 e. The largest absolute Gasteiger partial charge is 0.467 e. The molecule has 8 nitrogen and oxygen atoms in total. The highest BCUT2D eigenvalue weighted by molar-refractivity contribution is 7.98. The number of piperazine rings is 1. The van der Waals surface area contributed by atoms with Crippen molar-refractivity contribution in [1.82, 2.24) is 20.2 Å². The average molecular weight is 484 g/mol. The molecule has 1 aliphatic heterocycles. The topological polar surface area (TPSA) is 87.6 Å². The second-order valence-corrected chi connectivity index (χ2v) is 10.3. The van der Waals surface area contributed by atoms with Gasteiger partial charge in [-0.05, 0) is 30.8 Å². The van der Waals surface area contributed by atoms with E-state index in [-0.39, 0.29) is 17.1 Å². The Kier molecular flexibility index (Phi) is 7.63. The minimum absolute atomic E-state index is 0.0812. The van der Waals surface area contributed by atoms with Gasteiger partial charge in [0.25, 0.3) is 5.91 Å². The summed E-state index contributed by atoms with van der Waals surface area (Å²) in [5.74, 6) is 2.93. The number of aromatic nitrogens is 2. The van der Waals surface area contributed by atoms with Gasteiger partial charge in [-0.3, -0.25) is 4.79 Å². The number of anilines is 1. The molecule has 9 heteroatoms. The number of hydrogen-bond donors (Lipinski definition) is 1. The summed E-state index contributed by atoms with van der Waals surface area (Å²) < 4.78 is 11.0. The fraction of sp³-hybridized carbons (Fsp3) is 0.480. The number of likely N-dealkylation sites (N-methyl/N-ethyl adjacent to an activating group) is 1. The maximum atomic E-state index is 12.4. The van der Waals surface area contributed by atoms with Crippen molar-refractivity contribution >= 4 is 23.5 Å². The van der Waals surface area contributed by atoms with Crippen molar-refractivity contribution in [1.29, 1.82) is 0 Å². The number of carbonyl (C=O) groups is 1. The second-order valence-electron chi connectivity index (χ2n) is 9.38. The molecule has 3 aromatic heterocycles. The molecule has 1 amide bonds. The smallest absolute Gasteiger partial charge is 0.287 e. The molecular weight excluding hydrogens is 450 g/mol. The minimum atomic E-state index is -0.271. The van der Waals surface area contributed by atoms with E-state index in [9.17, 15) is 4.79 Å². The summed E-state index contributed by atoms with van der Waals surface area (Å²) in [5.41, 5.74) is 0.942. The monoisotopic (exact) mass is 483 g/mol. The van der Waals surface area contributed by atoms with Crippen LogP contribution in [0.25, 0.3) is 0 Å². The standard InChI is InChI=1S/C25H33N5O3S/c1-5-29-10-12-30(13-11-29)22-15-21(25(2,3)4)27-24(28-22)34-17-19-8-9-20(33-19)23(31)26-16-18-7-6-14-32-18/h6-9,14-15H,5,10-13,16-17H2,1-4H3,(H,26,31). The van der Waals surface area contributed by atoms with Gasteiger partial charge >= 0.3 is 0 Å². The molecule has 0 unspecified atom stereocenters. The van der Waals surface area contributed by atoms with E-state index in [1.165, 1.54) is 11.8 Å². The number of furan rings is 2. The van der Waals surface area contributed by atoms with E-state index >= 15 is 0 Å². The molecule has 182 valence electrons. The number of amides is 1. The minimum Gasteiger partial charge on any atom is -0.467 e. The summed E-state index contributed by atoms with van der Waals surface area (Å²) in [5, 5.41) is 3.52. The molecule has 0 radical (unpaired) electrons. The predicted molar refractivity (Wildman–Crippen MR) is 133 cm³/mol. The molecule has 0 saturated carbocycles. The van der Waals surface area contributed by atoms with Gasteiger partial charge in [-0.25, -0.2) is 9.97 Å². The fourth-order valence-electron chi connectivity index (χ4n) is 3.70. The first kappa shape index (κ1) is 24.3. The van der Waals surface area contributed by atoms with Gasteiger partial charge in [0.1, 0.15) is 17.3 Å². The van der Waals surface area contributed by atoms with Crippen LogP contribution in [-0.2, 0) is 17.7 Å². The Morgan fingerprint density at radius 1 is 1.12 bits per heavy atom. The molecule has 1 fully saturated rings. The number of carbonyl (C=O) groups excluding carboxylic acids is 1. The summed E-state index contributed by atoms with van der Waals surface area (Å²) in [6.07, 6.45) is 1.58. The highest BCUT2D eigenvalue weighted by Gasteiger charge is 2.23. The average Bonchev–Trinajstić information content (AvgIpc) is 3.53. The Hall–Kier alpha value is -2.78. The molecule has 4 rings (SSSR count). The quantitative estimate of drug-likeness (QED) is 0.374. The molecule has 0 spiro atoms. The van der Waals surface area contributed by atoms with Crippen molar-refractivity contribution in [2.75, 3.05) is 37.6 Å². The Morgan fingerprint density at radius 3 is 2.59 bits per heavy atom. The summed E-state index contributed by atoms with van der Waals surface area (Å²) in [7, 11) is 0. The first-order chi connectivity index (χ1) is 16.3. The lowest BCUT2D eigenvalue weighted by Gasteiger charge is -2.35. The molecular formula is C25H33N5O3S. The van der Waals surface area contributed by atoms with Gasteiger partial charge in [0, 0.05) is 37.7 Å².